The van der Waals surface area contributed by atoms with Gasteiger partial charge in [0.15, 0.2) is 0 Å². The summed E-state index contributed by atoms with van der Waals surface area (Å²) in [6.07, 6.45) is 5.85. The van der Waals surface area contributed by atoms with Crippen LogP contribution in [0, 0.1) is 12.8 Å². The summed E-state index contributed by atoms with van der Waals surface area (Å²) in [4.78, 5) is 0. The Kier molecular flexibility index (Phi) is 3.18. The van der Waals surface area contributed by atoms with Crippen LogP contribution in [0.4, 0.5) is 5.69 Å². The smallest absolute Gasteiger partial charge is 0.142 e. The molecule has 2 heteroatoms. The monoisotopic (exact) mass is 291 g/mol. The van der Waals surface area contributed by atoms with Crippen molar-refractivity contribution in [2.75, 3.05) is 12.4 Å². The molecular weight excluding hydrogens is 270 g/mol. The van der Waals surface area contributed by atoms with E-state index in [1.807, 2.05) is 0 Å². The van der Waals surface area contributed by atoms with Crippen LogP contribution in [0.15, 0.2) is 54.6 Å². The Balaban J connectivity index is 1.87. The number of nitrogens with one attached hydrogen (secondary N) is 1. The van der Waals surface area contributed by atoms with Gasteiger partial charge in [0.2, 0.25) is 0 Å². The summed E-state index contributed by atoms with van der Waals surface area (Å²) in [7, 11) is 1.75. The van der Waals surface area contributed by atoms with Crippen molar-refractivity contribution in [2.24, 2.45) is 5.92 Å². The molecule has 3 atom stereocenters. The average Bonchev–Trinajstić information content (AvgIpc) is 3.04. The van der Waals surface area contributed by atoms with E-state index in [-0.39, 0.29) is 0 Å². The van der Waals surface area contributed by atoms with Crippen LogP contribution in [-0.2, 0) is 0 Å². The van der Waals surface area contributed by atoms with Gasteiger partial charge >= 0.3 is 0 Å². The summed E-state index contributed by atoms with van der Waals surface area (Å²) in [5.74, 6) is 2.01. The van der Waals surface area contributed by atoms with Crippen LogP contribution in [-0.4, -0.2) is 7.11 Å². The quantitative estimate of drug-likeness (QED) is 0.800. The third-order valence-corrected chi connectivity index (χ3v) is 5.08. The lowest BCUT2D eigenvalue weighted by molar-refractivity contribution is 0.396. The number of rotatable bonds is 2. The lowest BCUT2D eigenvalue weighted by atomic mass is 9.75. The molecule has 0 saturated carbocycles. The Morgan fingerprint density at radius 3 is 2.68 bits per heavy atom. The van der Waals surface area contributed by atoms with E-state index in [4.69, 9.17) is 4.74 Å². The highest BCUT2D eigenvalue weighted by molar-refractivity contribution is 5.69. The van der Waals surface area contributed by atoms with Crippen LogP contribution in [0.5, 0.6) is 5.75 Å². The van der Waals surface area contributed by atoms with E-state index in [2.05, 4.69) is 66.9 Å². The molecule has 2 nitrogen and oxygen atoms in total. The molecule has 1 heterocycles. The number of hydrogen-bond acceptors (Lipinski definition) is 2. The molecule has 0 radical (unpaired) electrons. The highest BCUT2D eigenvalue weighted by Crippen LogP contribution is 2.53. The highest BCUT2D eigenvalue weighted by atomic mass is 16.5. The SMILES string of the molecule is COc1ccc(C)c2c1N[C@H](c1ccccc1)[C@@H]1CC=C[C@H]21. The standard InChI is InChI=1S/C20H21NO/c1-13-11-12-17(22-2)20-18(13)15-9-6-10-16(15)19(21-20)14-7-4-3-5-8-14/h3-9,11-12,15-16,19,21H,10H2,1-2H3/t15-,16+,19+/m0/s1. The molecule has 0 bridgehead atoms. The number of allylic oxidation sites excluding steroid dienone is 2. The van der Waals surface area contributed by atoms with E-state index >= 15 is 0 Å². The van der Waals surface area contributed by atoms with Gasteiger partial charge < -0.3 is 10.1 Å². The van der Waals surface area contributed by atoms with Crippen molar-refractivity contribution in [3.63, 3.8) is 0 Å². The fraction of sp³-hybridized carbons (Fsp3) is 0.300. The molecule has 0 unspecified atom stereocenters. The van der Waals surface area contributed by atoms with Crippen LogP contribution in [0.3, 0.4) is 0 Å². The maximum Gasteiger partial charge on any atom is 0.142 e. The normalized spacial score (nSPS) is 25.3. The first-order valence-corrected chi connectivity index (χ1v) is 7.95. The van der Waals surface area contributed by atoms with E-state index in [9.17, 15) is 0 Å². The maximum atomic E-state index is 5.61. The summed E-state index contributed by atoms with van der Waals surface area (Å²) in [6, 6.07) is 15.3. The largest absolute Gasteiger partial charge is 0.495 e. The lowest BCUT2D eigenvalue weighted by Gasteiger charge is -2.39. The molecule has 0 spiro atoms. The van der Waals surface area contributed by atoms with Gasteiger partial charge in [0, 0.05) is 5.92 Å². The Morgan fingerprint density at radius 2 is 1.91 bits per heavy atom. The van der Waals surface area contributed by atoms with E-state index in [1.54, 1.807) is 7.11 Å². The van der Waals surface area contributed by atoms with Crippen molar-refractivity contribution in [1.29, 1.82) is 0 Å². The molecule has 0 saturated heterocycles. The van der Waals surface area contributed by atoms with Gasteiger partial charge in [-0.05, 0) is 42.0 Å². The van der Waals surface area contributed by atoms with Crippen LogP contribution in [0.1, 0.15) is 35.1 Å². The van der Waals surface area contributed by atoms with E-state index < -0.39 is 0 Å². The molecule has 1 N–H and O–H groups in total. The number of benzene rings is 2. The zero-order valence-electron chi connectivity index (χ0n) is 13.0. The Hall–Kier alpha value is -2.22. The van der Waals surface area contributed by atoms with Gasteiger partial charge in [-0.3, -0.25) is 0 Å². The topological polar surface area (TPSA) is 21.3 Å². The number of hydrogen-bond donors (Lipinski definition) is 1. The average molecular weight is 291 g/mol. The Bertz CT molecular complexity index is 720. The molecular formula is C20H21NO. The van der Waals surface area contributed by atoms with Crippen LogP contribution < -0.4 is 10.1 Å². The number of fused-ring (bicyclic) bond motifs is 3. The van der Waals surface area contributed by atoms with E-state index in [0.29, 0.717) is 17.9 Å². The minimum absolute atomic E-state index is 0.337. The number of methoxy groups -OCH3 is 1. The first kappa shape index (κ1) is 13.4. The summed E-state index contributed by atoms with van der Waals surface area (Å²) in [6.45, 7) is 2.20. The van der Waals surface area contributed by atoms with Gasteiger partial charge in [-0.2, -0.15) is 0 Å². The minimum atomic E-state index is 0.337. The van der Waals surface area contributed by atoms with Gasteiger partial charge in [0.25, 0.3) is 0 Å². The molecule has 2 aromatic rings. The Labute approximate surface area is 131 Å². The van der Waals surface area contributed by atoms with Crippen LogP contribution >= 0.6 is 0 Å². The number of ether oxygens (including phenoxy) is 1. The zero-order valence-corrected chi connectivity index (χ0v) is 13.0. The van der Waals surface area contributed by atoms with E-state index in [0.717, 1.165) is 12.2 Å². The van der Waals surface area contributed by atoms with Gasteiger partial charge in [-0.1, -0.05) is 48.6 Å². The van der Waals surface area contributed by atoms with Crippen molar-refractivity contribution in [2.45, 2.75) is 25.3 Å². The second-order valence-corrected chi connectivity index (χ2v) is 6.26. The van der Waals surface area contributed by atoms with Crippen molar-refractivity contribution in [1.82, 2.24) is 0 Å². The summed E-state index contributed by atoms with van der Waals surface area (Å²) in [5, 5.41) is 3.78. The molecule has 0 fully saturated rings. The van der Waals surface area contributed by atoms with Gasteiger partial charge in [0.1, 0.15) is 5.75 Å². The van der Waals surface area contributed by atoms with Crippen molar-refractivity contribution < 1.29 is 4.74 Å². The zero-order chi connectivity index (χ0) is 15.1. The predicted octanol–water partition coefficient (Wildman–Crippen LogP) is 4.83. The predicted molar refractivity (Wildman–Crippen MR) is 90.5 cm³/mol. The summed E-state index contributed by atoms with van der Waals surface area (Å²) < 4.78 is 5.61. The number of aryl methyl sites for hydroxylation is 1. The second-order valence-electron chi connectivity index (χ2n) is 6.26. The first-order valence-electron chi connectivity index (χ1n) is 7.95. The first-order chi connectivity index (χ1) is 10.8. The van der Waals surface area contributed by atoms with Gasteiger partial charge in [-0.25, -0.2) is 0 Å². The summed E-state index contributed by atoms with van der Waals surface area (Å²) >= 11 is 0. The van der Waals surface area contributed by atoms with Crippen LogP contribution in [0.25, 0.3) is 0 Å². The molecule has 22 heavy (non-hydrogen) atoms. The van der Waals surface area contributed by atoms with Gasteiger partial charge in [-0.15, -0.1) is 0 Å². The number of anilines is 1. The molecule has 1 aliphatic heterocycles. The molecule has 4 rings (SSSR count). The van der Waals surface area contributed by atoms with Crippen molar-refractivity contribution in [3.8, 4) is 5.75 Å². The minimum Gasteiger partial charge on any atom is -0.495 e. The molecule has 2 aliphatic rings. The third-order valence-electron chi connectivity index (χ3n) is 5.08. The maximum absolute atomic E-state index is 5.61. The summed E-state index contributed by atoms with van der Waals surface area (Å²) in [5.41, 5.74) is 5.28. The third kappa shape index (κ3) is 1.94. The fourth-order valence-corrected chi connectivity index (χ4v) is 4.03. The Morgan fingerprint density at radius 1 is 1.09 bits per heavy atom. The van der Waals surface area contributed by atoms with Crippen LogP contribution in [0.2, 0.25) is 0 Å². The molecule has 112 valence electrons. The lowest BCUT2D eigenvalue weighted by Crippen LogP contribution is -2.29. The molecule has 0 aromatic heterocycles. The second kappa shape index (κ2) is 5.20. The molecule has 0 amide bonds. The van der Waals surface area contributed by atoms with Crippen molar-refractivity contribution >= 4 is 5.69 Å². The molecule has 2 aromatic carbocycles. The fourth-order valence-electron chi connectivity index (χ4n) is 4.03. The van der Waals surface area contributed by atoms with E-state index in [1.165, 1.54) is 22.4 Å². The highest BCUT2D eigenvalue weighted by Gasteiger charge is 2.39. The van der Waals surface area contributed by atoms with Crippen molar-refractivity contribution in [3.05, 3.63) is 71.3 Å². The molecule has 1 aliphatic carbocycles. The van der Waals surface area contributed by atoms with Gasteiger partial charge in [0.05, 0.1) is 18.8 Å².